The van der Waals surface area contributed by atoms with Crippen molar-refractivity contribution >= 4 is 33.0 Å². The Labute approximate surface area is 186 Å². The van der Waals surface area contributed by atoms with Crippen LogP contribution in [0, 0.1) is 20.8 Å². The van der Waals surface area contributed by atoms with E-state index in [1.54, 1.807) is 36.5 Å². The van der Waals surface area contributed by atoms with Gasteiger partial charge in [-0.3, -0.25) is 4.79 Å². The van der Waals surface area contributed by atoms with Crippen LogP contribution in [0.3, 0.4) is 0 Å². The van der Waals surface area contributed by atoms with Gasteiger partial charge in [-0.25, -0.2) is 8.42 Å². The van der Waals surface area contributed by atoms with E-state index in [1.807, 2.05) is 42.9 Å². The van der Waals surface area contributed by atoms with E-state index in [2.05, 4.69) is 5.32 Å². The summed E-state index contributed by atoms with van der Waals surface area (Å²) >= 11 is 1.55. The number of thiophene rings is 1. The zero-order valence-electron chi connectivity index (χ0n) is 17.7. The molecular weight excluding hydrogens is 434 g/mol. The van der Waals surface area contributed by atoms with Crippen molar-refractivity contribution in [3.05, 3.63) is 64.3 Å². The number of nitrogens with one attached hydrogen (secondary N) is 1. The van der Waals surface area contributed by atoms with Gasteiger partial charge >= 0.3 is 0 Å². The van der Waals surface area contributed by atoms with E-state index >= 15 is 0 Å². The molecule has 1 fully saturated rings. The third kappa shape index (κ3) is 4.18. The molecular formula is C22H25N3O4S2. The number of benzene rings is 1. The van der Waals surface area contributed by atoms with Gasteiger partial charge in [0.25, 0.3) is 5.91 Å². The highest BCUT2D eigenvalue weighted by atomic mass is 32.2. The highest BCUT2D eigenvalue weighted by molar-refractivity contribution is 7.89. The first-order valence-corrected chi connectivity index (χ1v) is 12.3. The van der Waals surface area contributed by atoms with Gasteiger partial charge in [0.15, 0.2) is 0 Å². The van der Waals surface area contributed by atoms with Crippen LogP contribution in [0.4, 0.5) is 5.69 Å². The molecule has 0 spiro atoms. The van der Waals surface area contributed by atoms with Crippen molar-refractivity contribution in [3.8, 4) is 5.00 Å². The fraction of sp³-hybridized carbons (Fsp3) is 0.318. The number of amides is 1. The van der Waals surface area contributed by atoms with Gasteiger partial charge in [0.05, 0.1) is 23.7 Å². The lowest BCUT2D eigenvalue weighted by Crippen LogP contribution is -2.40. The Balaban J connectivity index is 1.66. The number of nitrogens with zero attached hydrogens (tertiary/aromatic N) is 2. The van der Waals surface area contributed by atoms with E-state index in [0.717, 1.165) is 15.4 Å². The topological polar surface area (TPSA) is 80.6 Å². The largest absolute Gasteiger partial charge is 0.379 e. The predicted molar refractivity (Wildman–Crippen MR) is 122 cm³/mol. The van der Waals surface area contributed by atoms with Crippen LogP contribution in [0.1, 0.15) is 26.4 Å². The van der Waals surface area contributed by atoms with Gasteiger partial charge in [-0.15, -0.1) is 11.3 Å². The summed E-state index contributed by atoms with van der Waals surface area (Å²) in [6.07, 6.45) is 3.81. The Bertz CT molecular complexity index is 1210. The van der Waals surface area contributed by atoms with Gasteiger partial charge in [0.2, 0.25) is 10.0 Å². The molecule has 1 saturated heterocycles. The summed E-state index contributed by atoms with van der Waals surface area (Å²) in [6.45, 7) is 7.09. The quantitative estimate of drug-likeness (QED) is 0.630. The minimum Gasteiger partial charge on any atom is -0.379 e. The molecule has 1 N–H and O–H groups in total. The molecule has 0 saturated carbocycles. The SMILES string of the molecule is Cc1ccc(NC(=O)c2c(-n3cccc3)sc(C)c2C)cc1S(=O)(=O)N1CCOCC1. The minimum absolute atomic E-state index is 0.205. The van der Waals surface area contributed by atoms with E-state index in [9.17, 15) is 13.2 Å². The molecule has 0 unspecified atom stereocenters. The lowest BCUT2D eigenvalue weighted by atomic mass is 10.1. The van der Waals surface area contributed by atoms with Crippen LogP contribution in [0.15, 0.2) is 47.6 Å². The molecule has 0 radical (unpaired) electrons. The molecule has 1 aliphatic rings. The number of morpholine rings is 1. The number of aromatic nitrogens is 1. The van der Waals surface area contributed by atoms with Crippen molar-refractivity contribution < 1.29 is 17.9 Å². The van der Waals surface area contributed by atoms with E-state index in [4.69, 9.17) is 4.74 Å². The first kappa shape index (κ1) is 21.8. The zero-order chi connectivity index (χ0) is 22.2. The molecule has 0 bridgehead atoms. The highest BCUT2D eigenvalue weighted by Crippen LogP contribution is 2.32. The van der Waals surface area contributed by atoms with Gasteiger partial charge in [0.1, 0.15) is 5.00 Å². The number of carbonyl (C=O) groups excluding carboxylic acids is 1. The lowest BCUT2D eigenvalue weighted by molar-refractivity contribution is 0.0730. The summed E-state index contributed by atoms with van der Waals surface area (Å²) in [7, 11) is -3.66. The normalized spacial score (nSPS) is 15.2. The van der Waals surface area contributed by atoms with E-state index in [-0.39, 0.29) is 10.8 Å². The molecule has 3 aromatic rings. The summed E-state index contributed by atoms with van der Waals surface area (Å²) in [4.78, 5) is 14.5. The highest BCUT2D eigenvalue weighted by Gasteiger charge is 2.28. The van der Waals surface area contributed by atoms with Crippen LogP contribution < -0.4 is 5.32 Å². The fourth-order valence-electron chi connectivity index (χ4n) is 3.60. The maximum absolute atomic E-state index is 13.2. The summed E-state index contributed by atoms with van der Waals surface area (Å²) in [5.41, 5.74) is 2.60. The predicted octanol–water partition coefficient (Wildman–Crippen LogP) is 3.74. The average molecular weight is 460 g/mol. The number of sulfonamides is 1. The van der Waals surface area contributed by atoms with Crippen LogP contribution >= 0.6 is 11.3 Å². The van der Waals surface area contributed by atoms with Crippen LogP contribution in [-0.4, -0.2) is 49.5 Å². The van der Waals surface area contributed by atoms with Gasteiger partial charge < -0.3 is 14.6 Å². The van der Waals surface area contributed by atoms with Crippen LogP contribution in [0.2, 0.25) is 0 Å². The molecule has 3 heterocycles. The van der Waals surface area contributed by atoms with Gasteiger partial charge in [0, 0.05) is 36.0 Å². The Kier molecular flexibility index (Phi) is 6.02. The lowest BCUT2D eigenvalue weighted by Gasteiger charge is -2.26. The Hall–Kier alpha value is -2.46. The molecule has 2 aromatic heterocycles. The van der Waals surface area contributed by atoms with Gasteiger partial charge in [-0.2, -0.15) is 4.31 Å². The van der Waals surface area contributed by atoms with Crippen molar-refractivity contribution in [2.24, 2.45) is 0 Å². The molecule has 164 valence electrons. The maximum Gasteiger partial charge on any atom is 0.258 e. The molecule has 4 rings (SSSR count). The first-order valence-electron chi connectivity index (χ1n) is 10.0. The van der Waals surface area contributed by atoms with E-state index < -0.39 is 10.0 Å². The van der Waals surface area contributed by atoms with E-state index in [0.29, 0.717) is 43.1 Å². The molecule has 1 aliphatic heterocycles. The second-order valence-electron chi connectivity index (χ2n) is 7.50. The summed E-state index contributed by atoms with van der Waals surface area (Å²) in [6, 6.07) is 8.82. The van der Waals surface area contributed by atoms with Crippen LogP contribution in [0.5, 0.6) is 0 Å². The fourth-order valence-corrected chi connectivity index (χ4v) is 6.38. The number of hydrogen-bond acceptors (Lipinski definition) is 5. The smallest absolute Gasteiger partial charge is 0.258 e. The Morgan fingerprint density at radius 2 is 1.77 bits per heavy atom. The molecule has 0 aliphatic carbocycles. The second kappa shape index (κ2) is 8.58. The molecule has 9 heteroatoms. The van der Waals surface area contributed by atoms with E-state index in [1.165, 1.54) is 4.31 Å². The number of anilines is 1. The van der Waals surface area contributed by atoms with Crippen molar-refractivity contribution in [2.45, 2.75) is 25.7 Å². The van der Waals surface area contributed by atoms with Crippen molar-refractivity contribution in [3.63, 3.8) is 0 Å². The first-order chi connectivity index (χ1) is 14.8. The van der Waals surface area contributed by atoms with Crippen LogP contribution in [0.25, 0.3) is 5.00 Å². The number of ether oxygens (including phenoxy) is 1. The maximum atomic E-state index is 13.2. The monoisotopic (exact) mass is 459 g/mol. The second-order valence-corrected chi connectivity index (χ2v) is 10.6. The van der Waals surface area contributed by atoms with Gasteiger partial charge in [-0.05, 0) is 56.2 Å². The third-order valence-electron chi connectivity index (χ3n) is 5.47. The van der Waals surface area contributed by atoms with Crippen molar-refractivity contribution in [1.29, 1.82) is 0 Å². The minimum atomic E-state index is -3.66. The van der Waals surface area contributed by atoms with Gasteiger partial charge in [-0.1, -0.05) is 6.07 Å². The average Bonchev–Trinajstić information content (AvgIpc) is 3.38. The molecule has 0 atom stereocenters. The number of rotatable bonds is 5. The summed E-state index contributed by atoms with van der Waals surface area (Å²) in [5.74, 6) is -0.260. The van der Waals surface area contributed by atoms with Crippen molar-refractivity contribution in [2.75, 3.05) is 31.6 Å². The molecule has 1 aromatic carbocycles. The van der Waals surface area contributed by atoms with Crippen molar-refractivity contribution in [1.82, 2.24) is 8.87 Å². The zero-order valence-corrected chi connectivity index (χ0v) is 19.3. The Morgan fingerprint density at radius 3 is 2.45 bits per heavy atom. The third-order valence-corrected chi connectivity index (χ3v) is 8.73. The molecule has 7 nitrogen and oxygen atoms in total. The number of hydrogen-bond donors (Lipinski definition) is 1. The summed E-state index contributed by atoms with van der Waals surface area (Å²) < 4.78 is 34.9. The number of carbonyl (C=O) groups is 1. The van der Waals surface area contributed by atoms with Crippen LogP contribution in [-0.2, 0) is 14.8 Å². The molecule has 1 amide bonds. The number of aryl methyl sites for hydroxylation is 2. The Morgan fingerprint density at radius 1 is 1.10 bits per heavy atom. The molecule has 31 heavy (non-hydrogen) atoms. The standard InChI is InChI=1S/C22H25N3O4S2/c1-15-6-7-18(14-19(15)31(27,28)25-10-12-29-13-11-25)23-21(26)20-16(2)17(3)30-22(20)24-8-4-5-9-24/h4-9,14H,10-13H2,1-3H3,(H,23,26). The summed E-state index contributed by atoms with van der Waals surface area (Å²) in [5, 5.41) is 3.74.